The summed E-state index contributed by atoms with van der Waals surface area (Å²) in [5.41, 5.74) is -1.10. The topological polar surface area (TPSA) is 111 Å². The molecule has 3 aromatic rings. The second kappa shape index (κ2) is 7.29. The first-order valence-electron chi connectivity index (χ1n) is 9.46. The Morgan fingerprint density at radius 2 is 1.83 bits per heavy atom. The van der Waals surface area contributed by atoms with Gasteiger partial charge in [0.15, 0.2) is 0 Å². The molecule has 0 bridgehead atoms. The number of nitro groups is 1. The van der Waals surface area contributed by atoms with E-state index < -0.39 is 27.7 Å². The first kappa shape index (κ1) is 19.6. The van der Waals surface area contributed by atoms with Crippen LogP contribution in [0.1, 0.15) is 29.6 Å². The Labute approximate surface area is 169 Å². The van der Waals surface area contributed by atoms with Crippen LogP contribution < -0.4 is 10.3 Å². The molecule has 0 amide bonds. The highest BCUT2D eigenvalue weighted by atomic mass is 19.1. The number of piperidine rings is 1. The molecule has 30 heavy (non-hydrogen) atoms. The van der Waals surface area contributed by atoms with Gasteiger partial charge in [-0.2, -0.15) is 0 Å². The monoisotopic (exact) mass is 414 g/mol. The lowest BCUT2D eigenvalue weighted by atomic mass is 10.1. The van der Waals surface area contributed by atoms with E-state index in [1.54, 1.807) is 7.05 Å². The zero-order chi connectivity index (χ0) is 21.6. The van der Waals surface area contributed by atoms with Crippen LogP contribution in [0.4, 0.5) is 15.8 Å². The van der Waals surface area contributed by atoms with Crippen molar-refractivity contribution in [2.75, 3.05) is 18.0 Å². The van der Waals surface area contributed by atoms with Crippen molar-refractivity contribution in [3.63, 3.8) is 0 Å². The number of pyridine rings is 1. The van der Waals surface area contributed by atoms with Crippen molar-refractivity contribution in [2.45, 2.75) is 19.3 Å². The third-order valence-corrected chi connectivity index (χ3v) is 5.37. The van der Waals surface area contributed by atoms with Crippen molar-refractivity contribution >= 4 is 28.2 Å². The lowest BCUT2D eigenvalue weighted by Gasteiger charge is -2.29. The van der Waals surface area contributed by atoms with Crippen LogP contribution in [-0.4, -0.2) is 38.2 Å². The molecule has 0 unspecified atom stereocenters. The summed E-state index contributed by atoms with van der Waals surface area (Å²) in [7, 11) is 1.60. The molecule has 4 rings (SSSR count). The summed E-state index contributed by atoms with van der Waals surface area (Å²) in [5.74, 6) is -2.12. The summed E-state index contributed by atoms with van der Waals surface area (Å²) in [5, 5.41) is 20.8. The highest BCUT2D eigenvalue weighted by Crippen LogP contribution is 2.31. The van der Waals surface area contributed by atoms with Crippen molar-refractivity contribution < 1.29 is 19.2 Å². The van der Waals surface area contributed by atoms with Crippen molar-refractivity contribution in [1.82, 2.24) is 9.13 Å². The summed E-state index contributed by atoms with van der Waals surface area (Å²) < 4.78 is 17.7. The molecule has 2 aromatic heterocycles. The minimum absolute atomic E-state index is 0.0891. The summed E-state index contributed by atoms with van der Waals surface area (Å²) >= 11 is 0. The number of aromatic carboxylic acids is 1. The van der Waals surface area contributed by atoms with Gasteiger partial charge in [0.05, 0.1) is 22.3 Å². The van der Waals surface area contributed by atoms with E-state index in [1.165, 1.54) is 27.6 Å². The maximum atomic E-state index is 14.9. The molecule has 0 radical (unpaired) electrons. The fraction of sp³-hybridized carbons (Fsp3) is 0.300. The highest BCUT2D eigenvalue weighted by molar-refractivity contribution is 5.94. The fourth-order valence-electron chi connectivity index (χ4n) is 3.94. The van der Waals surface area contributed by atoms with Crippen LogP contribution in [0.15, 0.2) is 35.5 Å². The lowest BCUT2D eigenvalue weighted by molar-refractivity contribution is -0.384. The zero-order valence-corrected chi connectivity index (χ0v) is 16.2. The van der Waals surface area contributed by atoms with E-state index in [4.69, 9.17) is 0 Å². The Balaban J connectivity index is 2.07. The number of aryl methyl sites for hydroxylation is 1. The molecule has 1 fully saturated rings. The van der Waals surface area contributed by atoms with Gasteiger partial charge in [-0.25, -0.2) is 9.18 Å². The van der Waals surface area contributed by atoms with E-state index in [-0.39, 0.29) is 28.0 Å². The predicted molar refractivity (Wildman–Crippen MR) is 108 cm³/mol. The molecule has 1 aliphatic rings. The van der Waals surface area contributed by atoms with Crippen LogP contribution in [0, 0.1) is 15.9 Å². The minimum Gasteiger partial charge on any atom is -0.477 e. The number of fused-ring (bicyclic) bond motifs is 1. The number of carboxylic acid groups (broad SMARTS) is 1. The average molecular weight is 414 g/mol. The standard InChI is InChI=1S/C20H19FN4O5/c1-22-10-17(18(11-22)25(29)30)24-9-13(20(27)28)19(26)12-7-14(21)16(8-15(12)24)23-5-3-2-4-6-23/h7-11H,2-6H2,1H3,(H,27,28). The predicted octanol–water partition coefficient (Wildman–Crippen LogP) is 3.07. The smallest absolute Gasteiger partial charge is 0.341 e. The van der Waals surface area contributed by atoms with E-state index in [0.29, 0.717) is 13.1 Å². The Morgan fingerprint density at radius 1 is 1.13 bits per heavy atom. The van der Waals surface area contributed by atoms with Gasteiger partial charge in [0, 0.05) is 37.9 Å². The molecular formula is C20H19FN4O5. The van der Waals surface area contributed by atoms with Gasteiger partial charge in [-0.3, -0.25) is 14.9 Å². The molecule has 1 N–H and O–H groups in total. The molecule has 0 saturated carbocycles. The summed E-state index contributed by atoms with van der Waals surface area (Å²) in [6.45, 7) is 1.32. The molecule has 3 heterocycles. The number of carboxylic acids is 1. The number of halogens is 1. The zero-order valence-electron chi connectivity index (χ0n) is 16.2. The van der Waals surface area contributed by atoms with Gasteiger partial charge < -0.3 is 19.1 Å². The van der Waals surface area contributed by atoms with Gasteiger partial charge in [-0.1, -0.05) is 0 Å². The van der Waals surface area contributed by atoms with E-state index in [0.717, 1.165) is 31.5 Å². The van der Waals surface area contributed by atoms with Crippen molar-refractivity contribution in [3.05, 3.63) is 62.4 Å². The number of hydrogen-bond acceptors (Lipinski definition) is 5. The fourth-order valence-corrected chi connectivity index (χ4v) is 3.94. The maximum Gasteiger partial charge on any atom is 0.341 e. The van der Waals surface area contributed by atoms with E-state index in [1.807, 2.05) is 4.90 Å². The molecule has 1 aliphatic heterocycles. The van der Waals surface area contributed by atoms with Crippen LogP contribution in [-0.2, 0) is 7.05 Å². The lowest BCUT2D eigenvalue weighted by Crippen LogP contribution is -2.30. The number of anilines is 1. The molecule has 1 saturated heterocycles. The molecular weight excluding hydrogens is 395 g/mol. The minimum atomic E-state index is -1.49. The van der Waals surface area contributed by atoms with Crippen LogP contribution in [0.3, 0.4) is 0 Å². The van der Waals surface area contributed by atoms with Crippen molar-refractivity contribution in [2.24, 2.45) is 7.05 Å². The number of rotatable bonds is 4. The highest BCUT2D eigenvalue weighted by Gasteiger charge is 2.24. The first-order valence-corrected chi connectivity index (χ1v) is 9.46. The summed E-state index contributed by atoms with van der Waals surface area (Å²) in [6.07, 6.45) is 6.67. The maximum absolute atomic E-state index is 14.9. The van der Waals surface area contributed by atoms with E-state index in [2.05, 4.69) is 0 Å². The third-order valence-electron chi connectivity index (χ3n) is 5.37. The van der Waals surface area contributed by atoms with Crippen molar-refractivity contribution in [1.29, 1.82) is 0 Å². The SMILES string of the molecule is Cn1cc(-n2cc(C(=O)O)c(=O)c3cc(F)c(N4CCCCC4)cc32)c([N+](=O)[O-])c1. The normalized spacial score (nSPS) is 14.3. The van der Waals surface area contributed by atoms with Gasteiger partial charge in [-0.15, -0.1) is 0 Å². The number of hydrogen-bond donors (Lipinski definition) is 1. The third kappa shape index (κ3) is 3.19. The first-order chi connectivity index (χ1) is 14.3. The van der Waals surface area contributed by atoms with Crippen LogP contribution in [0.2, 0.25) is 0 Å². The van der Waals surface area contributed by atoms with Gasteiger partial charge in [0.1, 0.15) is 17.1 Å². The average Bonchev–Trinajstić information content (AvgIpc) is 3.10. The van der Waals surface area contributed by atoms with Crippen LogP contribution >= 0.6 is 0 Å². The number of nitrogens with zero attached hydrogens (tertiary/aromatic N) is 4. The van der Waals surface area contributed by atoms with E-state index in [9.17, 15) is 29.2 Å². The Bertz CT molecular complexity index is 1240. The molecule has 0 atom stereocenters. The molecule has 0 aliphatic carbocycles. The van der Waals surface area contributed by atoms with Gasteiger partial charge in [0.25, 0.3) is 0 Å². The summed E-state index contributed by atoms with van der Waals surface area (Å²) in [4.78, 5) is 37.1. The molecule has 0 spiro atoms. The van der Waals surface area contributed by atoms with Gasteiger partial charge in [0.2, 0.25) is 5.43 Å². The molecule has 156 valence electrons. The van der Waals surface area contributed by atoms with Gasteiger partial charge in [-0.05, 0) is 31.4 Å². The molecule has 10 heteroatoms. The van der Waals surface area contributed by atoms with Crippen LogP contribution in [0.5, 0.6) is 0 Å². The Kier molecular flexibility index (Phi) is 4.76. The van der Waals surface area contributed by atoms with Crippen molar-refractivity contribution in [3.8, 4) is 5.69 Å². The number of benzene rings is 1. The Hall–Kier alpha value is -3.69. The second-order valence-electron chi connectivity index (χ2n) is 7.37. The number of aromatic nitrogens is 2. The second-order valence-corrected chi connectivity index (χ2v) is 7.37. The number of carbonyl (C=O) groups is 1. The van der Waals surface area contributed by atoms with Crippen LogP contribution in [0.25, 0.3) is 16.6 Å². The largest absolute Gasteiger partial charge is 0.477 e. The van der Waals surface area contributed by atoms with Gasteiger partial charge >= 0.3 is 11.7 Å². The molecule has 1 aromatic carbocycles. The van der Waals surface area contributed by atoms with E-state index >= 15 is 0 Å². The quantitative estimate of drug-likeness (QED) is 0.519. The molecule has 9 nitrogen and oxygen atoms in total. The summed E-state index contributed by atoms with van der Waals surface area (Å²) in [6, 6.07) is 2.50. The Morgan fingerprint density at radius 3 is 2.47 bits per heavy atom.